The van der Waals surface area contributed by atoms with Gasteiger partial charge in [0.2, 0.25) is 5.91 Å². The van der Waals surface area contributed by atoms with Crippen molar-refractivity contribution in [2.45, 2.75) is 12.8 Å². The van der Waals surface area contributed by atoms with Crippen LogP contribution >= 0.6 is 11.6 Å². The molecule has 4 rings (SSSR count). The number of halogens is 1. The van der Waals surface area contributed by atoms with Crippen molar-refractivity contribution in [3.05, 3.63) is 65.4 Å². The second-order valence-corrected chi connectivity index (χ2v) is 7.87. The molecule has 1 aliphatic rings. The van der Waals surface area contributed by atoms with Crippen LogP contribution in [0.2, 0.25) is 5.02 Å². The van der Waals surface area contributed by atoms with E-state index in [1.165, 1.54) is 0 Å². The second-order valence-electron chi connectivity index (χ2n) is 7.43. The molecule has 0 spiro atoms. The van der Waals surface area contributed by atoms with Gasteiger partial charge in [0.15, 0.2) is 5.82 Å². The van der Waals surface area contributed by atoms with E-state index in [2.05, 4.69) is 15.5 Å². The Labute approximate surface area is 179 Å². The molecular formula is C22H22ClN5O2. The van der Waals surface area contributed by atoms with Crippen molar-refractivity contribution >= 4 is 29.1 Å². The van der Waals surface area contributed by atoms with Gasteiger partial charge in [-0.2, -0.15) is 0 Å². The molecule has 2 heterocycles. The highest BCUT2D eigenvalue weighted by molar-refractivity contribution is 6.30. The van der Waals surface area contributed by atoms with E-state index in [1.807, 2.05) is 35.9 Å². The Morgan fingerprint density at radius 2 is 1.97 bits per heavy atom. The van der Waals surface area contributed by atoms with Gasteiger partial charge in [-0.1, -0.05) is 23.7 Å². The molecule has 3 aromatic rings. The lowest BCUT2D eigenvalue weighted by Crippen LogP contribution is -2.43. The lowest BCUT2D eigenvalue weighted by molar-refractivity contribution is -0.121. The van der Waals surface area contributed by atoms with Crippen molar-refractivity contribution in [3.63, 3.8) is 0 Å². The van der Waals surface area contributed by atoms with Crippen molar-refractivity contribution in [2.75, 3.05) is 18.4 Å². The van der Waals surface area contributed by atoms with Gasteiger partial charge in [-0.15, -0.1) is 10.2 Å². The Morgan fingerprint density at radius 1 is 1.17 bits per heavy atom. The number of amides is 2. The van der Waals surface area contributed by atoms with E-state index >= 15 is 0 Å². The van der Waals surface area contributed by atoms with Crippen molar-refractivity contribution in [2.24, 2.45) is 13.0 Å². The third-order valence-corrected chi connectivity index (χ3v) is 5.52. The highest BCUT2D eigenvalue weighted by Crippen LogP contribution is 2.23. The molecule has 30 heavy (non-hydrogen) atoms. The molecule has 154 valence electrons. The van der Waals surface area contributed by atoms with Crippen LogP contribution in [0.5, 0.6) is 0 Å². The summed E-state index contributed by atoms with van der Waals surface area (Å²) in [6.07, 6.45) is 3.17. The minimum atomic E-state index is -0.256. The number of nitrogens with zero attached hydrogens (tertiary/aromatic N) is 4. The standard InChI is InChI=1S/C22H22ClN5O2/c1-27-14-24-26-20(27)16-4-2-6-19(12-16)25-21(29)17-5-3-11-28(13-17)22(30)15-7-9-18(23)10-8-15/h2,4,6-10,12,14,17H,3,5,11,13H2,1H3,(H,25,29). The van der Waals surface area contributed by atoms with E-state index in [9.17, 15) is 9.59 Å². The highest BCUT2D eigenvalue weighted by Gasteiger charge is 2.29. The van der Waals surface area contributed by atoms with Gasteiger partial charge < -0.3 is 14.8 Å². The van der Waals surface area contributed by atoms with Gasteiger partial charge in [0.1, 0.15) is 6.33 Å². The van der Waals surface area contributed by atoms with E-state index < -0.39 is 0 Å². The number of carbonyl (C=O) groups excluding carboxylic acids is 2. The molecule has 7 nitrogen and oxygen atoms in total. The molecule has 8 heteroatoms. The Morgan fingerprint density at radius 3 is 2.70 bits per heavy atom. The smallest absolute Gasteiger partial charge is 0.253 e. The number of nitrogens with one attached hydrogen (secondary N) is 1. The van der Waals surface area contributed by atoms with E-state index in [1.54, 1.807) is 35.5 Å². The molecule has 1 aliphatic heterocycles. The lowest BCUT2D eigenvalue weighted by Gasteiger charge is -2.32. The summed E-state index contributed by atoms with van der Waals surface area (Å²) in [6.45, 7) is 1.04. The minimum Gasteiger partial charge on any atom is -0.338 e. The summed E-state index contributed by atoms with van der Waals surface area (Å²) in [5.74, 6) is 0.309. The van der Waals surface area contributed by atoms with Crippen LogP contribution in [0, 0.1) is 5.92 Å². The van der Waals surface area contributed by atoms with Gasteiger partial charge in [-0.05, 0) is 49.2 Å². The van der Waals surface area contributed by atoms with Crippen molar-refractivity contribution in [3.8, 4) is 11.4 Å². The topological polar surface area (TPSA) is 80.1 Å². The number of rotatable bonds is 4. The molecule has 1 saturated heterocycles. The zero-order valence-corrected chi connectivity index (χ0v) is 17.3. The molecular weight excluding hydrogens is 402 g/mol. The quantitative estimate of drug-likeness (QED) is 0.694. The molecule has 1 N–H and O–H groups in total. The number of piperidine rings is 1. The van der Waals surface area contributed by atoms with Crippen LogP contribution in [-0.4, -0.2) is 44.6 Å². The van der Waals surface area contributed by atoms with E-state index in [0.717, 1.165) is 24.2 Å². The first kappa shape index (κ1) is 20.1. The average molecular weight is 424 g/mol. The summed E-state index contributed by atoms with van der Waals surface area (Å²) in [4.78, 5) is 27.4. The molecule has 1 unspecified atom stereocenters. The molecule has 1 fully saturated rings. The number of likely N-dealkylation sites (tertiary alicyclic amines) is 1. The van der Waals surface area contributed by atoms with Gasteiger partial charge >= 0.3 is 0 Å². The average Bonchev–Trinajstić information content (AvgIpc) is 3.20. The SMILES string of the molecule is Cn1cnnc1-c1cccc(NC(=O)C2CCCN(C(=O)c3ccc(Cl)cc3)C2)c1. The monoisotopic (exact) mass is 423 g/mol. The number of benzene rings is 2. The molecule has 0 aliphatic carbocycles. The van der Waals surface area contributed by atoms with E-state index in [4.69, 9.17) is 11.6 Å². The number of carbonyl (C=O) groups is 2. The molecule has 0 bridgehead atoms. The van der Waals surface area contributed by atoms with Gasteiger partial charge in [-0.3, -0.25) is 9.59 Å². The first-order chi connectivity index (χ1) is 14.5. The van der Waals surface area contributed by atoms with Crippen LogP contribution < -0.4 is 5.32 Å². The maximum Gasteiger partial charge on any atom is 0.253 e. The summed E-state index contributed by atoms with van der Waals surface area (Å²) in [7, 11) is 1.87. The third kappa shape index (κ3) is 4.36. The minimum absolute atomic E-state index is 0.0755. The molecule has 0 saturated carbocycles. The number of aryl methyl sites for hydroxylation is 1. The van der Waals surface area contributed by atoms with E-state index in [-0.39, 0.29) is 17.7 Å². The third-order valence-electron chi connectivity index (χ3n) is 5.27. The number of anilines is 1. The summed E-state index contributed by atoms with van der Waals surface area (Å²) < 4.78 is 1.82. The molecule has 2 aromatic carbocycles. The Hall–Kier alpha value is -3.19. The summed E-state index contributed by atoms with van der Waals surface area (Å²) in [5, 5.41) is 11.6. The number of aromatic nitrogens is 3. The fourth-order valence-electron chi connectivity index (χ4n) is 3.68. The first-order valence-corrected chi connectivity index (χ1v) is 10.2. The largest absolute Gasteiger partial charge is 0.338 e. The van der Waals surface area contributed by atoms with Crippen molar-refractivity contribution in [1.82, 2.24) is 19.7 Å². The molecule has 2 amide bonds. The van der Waals surface area contributed by atoms with Gasteiger partial charge in [0.05, 0.1) is 5.92 Å². The molecule has 1 atom stereocenters. The Kier molecular flexibility index (Phi) is 5.81. The molecule has 0 radical (unpaired) electrons. The summed E-state index contributed by atoms with van der Waals surface area (Å²) in [6, 6.07) is 14.3. The predicted molar refractivity (Wildman–Crippen MR) is 115 cm³/mol. The predicted octanol–water partition coefficient (Wildman–Crippen LogP) is 3.63. The Balaban J connectivity index is 1.43. The lowest BCUT2D eigenvalue weighted by atomic mass is 9.96. The number of hydrogen-bond acceptors (Lipinski definition) is 4. The van der Waals surface area contributed by atoms with Gasteiger partial charge in [-0.25, -0.2) is 0 Å². The van der Waals surface area contributed by atoms with Crippen LogP contribution in [0.25, 0.3) is 11.4 Å². The van der Waals surface area contributed by atoms with Crippen molar-refractivity contribution in [1.29, 1.82) is 0 Å². The maximum absolute atomic E-state index is 12.9. The highest BCUT2D eigenvalue weighted by atomic mass is 35.5. The van der Waals surface area contributed by atoms with Crippen LogP contribution in [0.1, 0.15) is 23.2 Å². The fraction of sp³-hybridized carbons (Fsp3) is 0.273. The van der Waals surface area contributed by atoms with Crippen LogP contribution in [0.3, 0.4) is 0 Å². The van der Waals surface area contributed by atoms with Crippen molar-refractivity contribution < 1.29 is 9.59 Å². The molecule has 1 aromatic heterocycles. The Bertz CT molecular complexity index is 1060. The second kappa shape index (κ2) is 8.67. The zero-order chi connectivity index (χ0) is 21.1. The first-order valence-electron chi connectivity index (χ1n) is 9.81. The maximum atomic E-state index is 12.9. The van der Waals surface area contributed by atoms with Gasteiger partial charge in [0, 0.05) is 42.0 Å². The normalized spacial score (nSPS) is 16.3. The van der Waals surface area contributed by atoms with Crippen LogP contribution in [-0.2, 0) is 11.8 Å². The zero-order valence-electron chi connectivity index (χ0n) is 16.6. The van der Waals surface area contributed by atoms with Crippen LogP contribution in [0.4, 0.5) is 5.69 Å². The van der Waals surface area contributed by atoms with E-state index in [0.29, 0.717) is 29.4 Å². The number of hydrogen-bond donors (Lipinski definition) is 1. The summed E-state index contributed by atoms with van der Waals surface area (Å²) in [5.41, 5.74) is 2.15. The van der Waals surface area contributed by atoms with Gasteiger partial charge in [0.25, 0.3) is 5.91 Å². The summed E-state index contributed by atoms with van der Waals surface area (Å²) >= 11 is 5.91. The fourth-order valence-corrected chi connectivity index (χ4v) is 3.80. The van der Waals surface area contributed by atoms with Crippen LogP contribution in [0.15, 0.2) is 54.9 Å².